The maximum absolute atomic E-state index is 10.0. The van der Waals surface area contributed by atoms with Crippen molar-refractivity contribution in [3.05, 3.63) is 42.0 Å². The Morgan fingerprint density at radius 2 is 2.14 bits per heavy atom. The Balaban J connectivity index is 2.10. The van der Waals surface area contributed by atoms with Crippen LogP contribution in [0.5, 0.6) is 5.75 Å². The van der Waals surface area contributed by atoms with Crippen LogP contribution in [0.1, 0.15) is 50.7 Å². The third-order valence-electron chi connectivity index (χ3n) is 6.29. The van der Waals surface area contributed by atoms with Gasteiger partial charge in [-0.05, 0) is 73.2 Å². The normalized spacial score (nSPS) is 27.0. The van der Waals surface area contributed by atoms with Gasteiger partial charge in [0.05, 0.1) is 0 Å². The lowest BCUT2D eigenvalue weighted by Crippen LogP contribution is -2.56. The predicted octanol–water partition coefficient (Wildman–Crippen LogP) is 4.27. The van der Waals surface area contributed by atoms with Crippen LogP contribution < -0.4 is 0 Å². The molecule has 2 nitrogen and oxygen atoms in total. The molecule has 0 radical (unpaired) electrons. The Morgan fingerprint density at radius 1 is 1.36 bits per heavy atom. The number of fused-ring (bicyclic) bond motifs is 2. The summed E-state index contributed by atoms with van der Waals surface area (Å²) < 4.78 is 0. The van der Waals surface area contributed by atoms with Crippen molar-refractivity contribution < 1.29 is 5.11 Å². The number of aromatic hydroxyl groups is 1. The highest BCUT2D eigenvalue weighted by atomic mass is 16.3. The summed E-state index contributed by atoms with van der Waals surface area (Å²) in [5.41, 5.74) is 3.08. The molecule has 1 aliphatic carbocycles. The van der Waals surface area contributed by atoms with Crippen molar-refractivity contribution in [2.24, 2.45) is 5.92 Å². The molecule has 0 spiro atoms. The van der Waals surface area contributed by atoms with Crippen molar-refractivity contribution in [3.8, 4) is 5.75 Å². The van der Waals surface area contributed by atoms with Gasteiger partial charge in [0.1, 0.15) is 5.75 Å². The first-order valence-electron chi connectivity index (χ1n) is 8.83. The molecule has 2 unspecified atom stereocenters. The van der Waals surface area contributed by atoms with E-state index in [2.05, 4.69) is 31.4 Å². The summed E-state index contributed by atoms with van der Waals surface area (Å²) in [7, 11) is 0. The number of benzene rings is 1. The van der Waals surface area contributed by atoms with Crippen molar-refractivity contribution in [1.82, 2.24) is 4.90 Å². The van der Waals surface area contributed by atoms with Gasteiger partial charge in [0.25, 0.3) is 0 Å². The van der Waals surface area contributed by atoms with E-state index in [4.69, 9.17) is 0 Å². The molecule has 0 bridgehead atoms. The summed E-state index contributed by atoms with van der Waals surface area (Å²) in [6, 6.07) is 6.69. The summed E-state index contributed by atoms with van der Waals surface area (Å²) in [4.78, 5) is 2.64. The van der Waals surface area contributed by atoms with Gasteiger partial charge in [0.15, 0.2) is 0 Å². The Bertz CT molecular complexity index is 547. The minimum Gasteiger partial charge on any atom is -0.508 e. The van der Waals surface area contributed by atoms with Crippen molar-refractivity contribution in [2.75, 3.05) is 13.1 Å². The van der Waals surface area contributed by atoms with Crippen LogP contribution in [0, 0.1) is 5.92 Å². The zero-order valence-electron chi connectivity index (χ0n) is 14.0. The van der Waals surface area contributed by atoms with Gasteiger partial charge >= 0.3 is 0 Å². The van der Waals surface area contributed by atoms with Crippen molar-refractivity contribution >= 4 is 0 Å². The van der Waals surface area contributed by atoms with Gasteiger partial charge in [-0.3, -0.25) is 4.90 Å². The Labute approximate surface area is 134 Å². The van der Waals surface area contributed by atoms with Crippen molar-refractivity contribution in [2.45, 2.75) is 57.4 Å². The smallest absolute Gasteiger partial charge is 0.115 e. The number of hydrogen-bond donors (Lipinski definition) is 1. The van der Waals surface area contributed by atoms with E-state index in [9.17, 15) is 5.11 Å². The van der Waals surface area contributed by atoms with Crippen LogP contribution in [0.2, 0.25) is 0 Å². The maximum Gasteiger partial charge on any atom is 0.115 e. The average molecular weight is 299 g/mol. The molecular weight excluding hydrogens is 270 g/mol. The maximum atomic E-state index is 10.0. The Kier molecular flexibility index (Phi) is 4.31. The fourth-order valence-electron chi connectivity index (χ4n) is 5.22. The minimum absolute atomic E-state index is 0.219. The molecule has 1 heterocycles. The van der Waals surface area contributed by atoms with Crippen LogP contribution in [-0.2, 0) is 11.8 Å². The molecule has 1 N–H and O–H groups in total. The molecule has 1 aliphatic heterocycles. The lowest BCUT2D eigenvalue weighted by Gasteiger charge is -2.54. The van der Waals surface area contributed by atoms with Gasteiger partial charge in [-0.15, -0.1) is 6.58 Å². The van der Waals surface area contributed by atoms with E-state index in [0.717, 1.165) is 25.8 Å². The molecule has 0 saturated carbocycles. The quantitative estimate of drug-likeness (QED) is 0.839. The molecule has 0 aromatic heterocycles. The van der Waals surface area contributed by atoms with E-state index in [-0.39, 0.29) is 5.41 Å². The van der Waals surface area contributed by atoms with Crippen LogP contribution in [0.3, 0.4) is 0 Å². The standard InChI is InChI=1S/C20H29NO/c1-4-11-21-12-7-8-17-19(21)13-15-9-10-16(22)14-18(15)20(17,5-2)6-3/h4,9-10,14,17,19,22H,1,5-8,11-13H2,2-3H3. The Hall–Kier alpha value is -1.28. The third kappa shape index (κ3) is 2.28. The highest BCUT2D eigenvalue weighted by Gasteiger charge is 2.49. The SMILES string of the molecule is C=CCN1CCCC2C1Cc1ccc(O)cc1C2(CC)CC. The highest BCUT2D eigenvalue weighted by Crippen LogP contribution is 2.51. The molecular formula is C20H29NO. The van der Waals surface area contributed by atoms with E-state index in [1.807, 2.05) is 18.2 Å². The van der Waals surface area contributed by atoms with Crippen molar-refractivity contribution in [1.29, 1.82) is 0 Å². The van der Waals surface area contributed by atoms with Crippen LogP contribution in [0.4, 0.5) is 0 Å². The molecule has 120 valence electrons. The molecule has 1 aromatic rings. The van der Waals surface area contributed by atoms with Gasteiger partial charge in [-0.25, -0.2) is 0 Å². The van der Waals surface area contributed by atoms with Crippen LogP contribution in [0.25, 0.3) is 0 Å². The van der Waals surface area contributed by atoms with Crippen LogP contribution in [0.15, 0.2) is 30.9 Å². The lowest BCUT2D eigenvalue weighted by molar-refractivity contribution is 0.0354. The number of rotatable bonds is 4. The monoisotopic (exact) mass is 299 g/mol. The number of hydrogen-bond acceptors (Lipinski definition) is 2. The number of nitrogens with zero attached hydrogens (tertiary/aromatic N) is 1. The molecule has 1 saturated heterocycles. The number of likely N-dealkylation sites (tertiary alicyclic amines) is 1. The van der Waals surface area contributed by atoms with Gasteiger partial charge in [-0.1, -0.05) is 26.0 Å². The minimum atomic E-state index is 0.219. The molecule has 3 rings (SSSR count). The summed E-state index contributed by atoms with van der Waals surface area (Å²) in [5, 5.41) is 10.0. The predicted molar refractivity (Wildman–Crippen MR) is 92.4 cm³/mol. The molecule has 0 amide bonds. The van der Waals surface area contributed by atoms with Gasteiger partial charge < -0.3 is 5.11 Å². The van der Waals surface area contributed by atoms with E-state index in [1.54, 1.807) is 0 Å². The zero-order valence-corrected chi connectivity index (χ0v) is 14.0. The van der Waals surface area contributed by atoms with E-state index in [0.29, 0.717) is 17.7 Å². The topological polar surface area (TPSA) is 23.5 Å². The zero-order chi connectivity index (χ0) is 15.7. The fourth-order valence-corrected chi connectivity index (χ4v) is 5.22. The average Bonchev–Trinajstić information content (AvgIpc) is 2.54. The first-order valence-corrected chi connectivity index (χ1v) is 8.83. The molecule has 1 aromatic carbocycles. The molecule has 2 heteroatoms. The van der Waals surface area contributed by atoms with E-state index in [1.165, 1.54) is 30.5 Å². The van der Waals surface area contributed by atoms with Crippen LogP contribution >= 0.6 is 0 Å². The second kappa shape index (κ2) is 6.08. The van der Waals surface area contributed by atoms with Gasteiger partial charge in [0, 0.05) is 12.6 Å². The molecule has 1 fully saturated rings. The number of piperidine rings is 1. The first-order chi connectivity index (χ1) is 10.7. The summed E-state index contributed by atoms with van der Waals surface area (Å²) in [6.45, 7) is 10.8. The van der Waals surface area contributed by atoms with Crippen LogP contribution in [-0.4, -0.2) is 29.1 Å². The van der Waals surface area contributed by atoms with Gasteiger partial charge in [-0.2, -0.15) is 0 Å². The van der Waals surface area contributed by atoms with Gasteiger partial charge in [0.2, 0.25) is 0 Å². The summed E-state index contributed by atoms with van der Waals surface area (Å²) in [5.74, 6) is 1.12. The second-order valence-electron chi connectivity index (χ2n) is 7.01. The van der Waals surface area contributed by atoms with E-state index < -0.39 is 0 Å². The lowest BCUT2D eigenvalue weighted by atomic mass is 9.56. The molecule has 2 atom stereocenters. The van der Waals surface area contributed by atoms with E-state index >= 15 is 0 Å². The van der Waals surface area contributed by atoms with Crippen molar-refractivity contribution in [3.63, 3.8) is 0 Å². The number of phenols is 1. The first kappa shape index (κ1) is 15.6. The highest BCUT2D eigenvalue weighted by molar-refractivity contribution is 5.44. The fraction of sp³-hybridized carbons (Fsp3) is 0.600. The number of phenolic OH excluding ortho intramolecular Hbond substituents is 1. The Morgan fingerprint density at radius 3 is 2.82 bits per heavy atom. The summed E-state index contributed by atoms with van der Waals surface area (Å²) in [6.07, 6.45) is 8.08. The molecule has 22 heavy (non-hydrogen) atoms. The third-order valence-corrected chi connectivity index (χ3v) is 6.29. The summed E-state index contributed by atoms with van der Waals surface area (Å²) >= 11 is 0. The second-order valence-corrected chi connectivity index (χ2v) is 7.01. The molecule has 2 aliphatic rings. The largest absolute Gasteiger partial charge is 0.508 e.